The minimum absolute atomic E-state index is 0.0898. The van der Waals surface area contributed by atoms with Crippen LogP contribution in [0, 0.1) is 12.7 Å². The molecule has 0 aliphatic carbocycles. The summed E-state index contributed by atoms with van der Waals surface area (Å²) >= 11 is 5.79. The van der Waals surface area contributed by atoms with Gasteiger partial charge in [0.25, 0.3) is 0 Å². The van der Waals surface area contributed by atoms with E-state index < -0.39 is 0 Å². The predicted octanol–water partition coefficient (Wildman–Crippen LogP) is 3.06. The van der Waals surface area contributed by atoms with Crippen LogP contribution in [0.4, 0.5) is 4.39 Å². The zero-order valence-corrected chi connectivity index (χ0v) is 9.70. The minimum Gasteiger partial charge on any atom is -0.298 e. The molecule has 0 atom stereocenters. The maximum Gasteiger partial charge on any atom is 0.155 e. The van der Waals surface area contributed by atoms with Crippen LogP contribution in [0.1, 0.15) is 15.9 Å². The Labute approximate surface area is 102 Å². The summed E-state index contributed by atoms with van der Waals surface area (Å²) in [4.78, 5) is 18.7. The SMILES string of the molecule is Cc1cc(-c2ncnc(Cl)c2C=O)ccc1F. The van der Waals surface area contributed by atoms with Gasteiger partial charge in [-0.25, -0.2) is 14.4 Å². The molecule has 2 rings (SSSR count). The number of carbonyl (C=O) groups excluding carboxylic acids is 1. The molecule has 0 radical (unpaired) electrons. The fourth-order valence-corrected chi connectivity index (χ4v) is 1.68. The Balaban J connectivity index is 2.64. The number of hydrogen-bond acceptors (Lipinski definition) is 3. The molecule has 0 aliphatic rings. The van der Waals surface area contributed by atoms with Gasteiger partial charge in [0, 0.05) is 5.56 Å². The zero-order chi connectivity index (χ0) is 12.4. The number of rotatable bonds is 2. The molecular weight excluding hydrogens is 243 g/mol. The van der Waals surface area contributed by atoms with E-state index in [1.807, 2.05) is 0 Å². The summed E-state index contributed by atoms with van der Waals surface area (Å²) in [6, 6.07) is 4.49. The van der Waals surface area contributed by atoms with E-state index >= 15 is 0 Å². The van der Waals surface area contributed by atoms with Gasteiger partial charge in [-0.2, -0.15) is 0 Å². The molecule has 3 nitrogen and oxygen atoms in total. The number of benzene rings is 1. The van der Waals surface area contributed by atoms with Gasteiger partial charge in [-0.1, -0.05) is 11.6 Å². The molecule has 1 aromatic heterocycles. The van der Waals surface area contributed by atoms with Crippen LogP contribution in [0.2, 0.25) is 5.15 Å². The van der Waals surface area contributed by atoms with Gasteiger partial charge >= 0.3 is 0 Å². The highest BCUT2D eigenvalue weighted by molar-refractivity contribution is 6.32. The maximum atomic E-state index is 13.1. The van der Waals surface area contributed by atoms with Crippen LogP contribution in [0.15, 0.2) is 24.5 Å². The van der Waals surface area contributed by atoms with E-state index in [0.717, 1.165) is 0 Å². The summed E-state index contributed by atoms with van der Waals surface area (Å²) in [5, 5.41) is 0.0898. The molecule has 0 spiro atoms. The smallest absolute Gasteiger partial charge is 0.155 e. The van der Waals surface area contributed by atoms with Gasteiger partial charge in [0.15, 0.2) is 6.29 Å². The molecule has 0 amide bonds. The lowest BCUT2D eigenvalue weighted by Gasteiger charge is -2.06. The number of nitrogens with zero attached hydrogens (tertiary/aromatic N) is 2. The molecule has 0 saturated heterocycles. The molecule has 5 heteroatoms. The highest BCUT2D eigenvalue weighted by Crippen LogP contribution is 2.25. The van der Waals surface area contributed by atoms with Crippen molar-refractivity contribution in [2.75, 3.05) is 0 Å². The lowest BCUT2D eigenvalue weighted by Crippen LogP contribution is -1.96. The summed E-state index contributed by atoms with van der Waals surface area (Å²) in [5.41, 5.74) is 1.73. The predicted molar refractivity (Wildman–Crippen MR) is 62.6 cm³/mol. The normalized spacial score (nSPS) is 10.3. The summed E-state index contributed by atoms with van der Waals surface area (Å²) in [6.07, 6.45) is 1.86. The van der Waals surface area contributed by atoms with Crippen LogP contribution in [0.25, 0.3) is 11.3 Å². The van der Waals surface area contributed by atoms with E-state index in [1.165, 1.54) is 12.4 Å². The van der Waals surface area contributed by atoms with E-state index in [1.54, 1.807) is 19.1 Å². The fourth-order valence-electron chi connectivity index (χ4n) is 1.50. The number of hydrogen-bond donors (Lipinski definition) is 0. The van der Waals surface area contributed by atoms with Crippen molar-refractivity contribution in [3.8, 4) is 11.3 Å². The minimum atomic E-state index is -0.304. The van der Waals surface area contributed by atoms with E-state index in [4.69, 9.17) is 11.6 Å². The van der Waals surface area contributed by atoms with Crippen molar-refractivity contribution in [2.24, 2.45) is 0 Å². The van der Waals surface area contributed by atoms with Crippen molar-refractivity contribution >= 4 is 17.9 Å². The first-order valence-corrected chi connectivity index (χ1v) is 5.23. The molecule has 1 aromatic carbocycles. The molecule has 0 aliphatic heterocycles. The topological polar surface area (TPSA) is 42.9 Å². The fraction of sp³-hybridized carbons (Fsp3) is 0.0833. The van der Waals surface area contributed by atoms with Crippen LogP contribution in [-0.2, 0) is 0 Å². The van der Waals surface area contributed by atoms with Gasteiger partial charge in [-0.15, -0.1) is 0 Å². The van der Waals surface area contributed by atoms with Gasteiger partial charge < -0.3 is 0 Å². The van der Waals surface area contributed by atoms with Crippen molar-refractivity contribution in [3.05, 3.63) is 46.6 Å². The first-order valence-electron chi connectivity index (χ1n) is 4.85. The molecule has 17 heavy (non-hydrogen) atoms. The third-order valence-corrected chi connectivity index (χ3v) is 2.69. The third kappa shape index (κ3) is 2.17. The largest absolute Gasteiger partial charge is 0.298 e. The number of halogens is 2. The first kappa shape index (κ1) is 11.7. The monoisotopic (exact) mass is 250 g/mol. The summed E-state index contributed by atoms with van der Waals surface area (Å²) in [6.45, 7) is 1.64. The molecule has 0 N–H and O–H groups in total. The number of carbonyl (C=O) groups is 1. The Morgan fingerprint density at radius 1 is 1.35 bits per heavy atom. The molecule has 0 bridgehead atoms. The van der Waals surface area contributed by atoms with E-state index in [9.17, 15) is 9.18 Å². The molecule has 86 valence electrons. The molecular formula is C12H8ClFN2O. The Hall–Kier alpha value is -1.81. The number of aromatic nitrogens is 2. The standard InChI is InChI=1S/C12H8ClFN2O/c1-7-4-8(2-3-10(7)14)11-9(5-17)12(13)16-6-15-11/h2-6H,1H3. The lowest BCUT2D eigenvalue weighted by molar-refractivity contribution is 0.112. The van der Waals surface area contributed by atoms with Crippen molar-refractivity contribution < 1.29 is 9.18 Å². The Morgan fingerprint density at radius 2 is 2.12 bits per heavy atom. The van der Waals surface area contributed by atoms with Gasteiger partial charge in [-0.05, 0) is 30.7 Å². The molecule has 2 aromatic rings. The molecule has 1 heterocycles. The molecule has 0 fully saturated rings. The van der Waals surface area contributed by atoms with Crippen molar-refractivity contribution in [3.63, 3.8) is 0 Å². The van der Waals surface area contributed by atoms with Gasteiger partial charge in [-0.3, -0.25) is 4.79 Å². The summed E-state index contributed by atoms with van der Waals surface area (Å²) in [7, 11) is 0. The van der Waals surface area contributed by atoms with Gasteiger partial charge in [0.1, 0.15) is 17.3 Å². The van der Waals surface area contributed by atoms with Crippen LogP contribution in [0.5, 0.6) is 0 Å². The van der Waals surface area contributed by atoms with E-state index in [-0.39, 0.29) is 16.5 Å². The Kier molecular flexibility index (Phi) is 3.15. The maximum absolute atomic E-state index is 13.1. The van der Waals surface area contributed by atoms with Crippen LogP contribution < -0.4 is 0 Å². The lowest BCUT2D eigenvalue weighted by atomic mass is 10.1. The number of aldehydes is 1. The molecule has 0 unspecified atom stereocenters. The second kappa shape index (κ2) is 4.59. The van der Waals surface area contributed by atoms with Crippen LogP contribution >= 0.6 is 11.6 Å². The van der Waals surface area contributed by atoms with Crippen LogP contribution in [0.3, 0.4) is 0 Å². The highest BCUT2D eigenvalue weighted by Gasteiger charge is 2.11. The van der Waals surface area contributed by atoms with E-state index in [2.05, 4.69) is 9.97 Å². The quantitative estimate of drug-likeness (QED) is 0.608. The van der Waals surface area contributed by atoms with E-state index in [0.29, 0.717) is 23.1 Å². The van der Waals surface area contributed by atoms with Crippen molar-refractivity contribution in [1.82, 2.24) is 9.97 Å². The highest BCUT2D eigenvalue weighted by atomic mass is 35.5. The van der Waals surface area contributed by atoms with Crippen LogP contribution in [-0.4, -0.2) is 16.3 Å². The summed E-state index contributed by atoms with van der Waals surface area (Å²) < 4.78 is 13.1. The Morgan fingerprint density at radius 3 is 2.76 bits per heavy atom. The molecule has 0 saturated carbocycles. The average molecular weight is 251 g/mol. The third-order valence-electron chi connectivity index (χ3n) is 2.38. The summed E-state index contributed by atoms with van der Waals surface area (Å²) in [5.74, 6) is -0.304. The van der Waals surface area contributed by atoms with Crippen molar-refractivity contribution in [2.45, 2.75) is 6.92 Å². The average Bonchev–Trinajstić information content (AvgIpc) is 2.32. The van der Waals surface area contributed by atoms with Gasteiger partial charge in [0.2, 0.25) is 0 Å². The van der Waals surface area contributed by atoms with Gasteiger partial charge in [0.05, 0.1) is 11.3 Å². The second-order valence-corrected chi connectivity index (χ2v) is 3.87. The first-order chi connectivity index (χ1) is 8.13. The Bertz CT molecular complexity index is 587. The zero-order valence-electron chi connectivity index (χ0n) is 8.95. The number of aryl methyl sites for hydroxylation is 1. The second-order valence-electron chi connectivity index (χ2n) is 3.51. The van der Waals surface area contributed by atoms with Crippen molar-refractivity contribution in [1.29, 1.82) is 0 Å².